The van der Waals surface area contributed by atoms with Gasteiger partial charge in [-0.05, 0) is 38.5 Å². The second kappa shape index (κ2) is 5.27. The van der Waals surface area contributed by atoms with Crippen LogP contribution in [0.15, 0.2) is 29.0 Å². The van der Waals surface area contributed by atoms with Crippen LogP contribution in [0.2, 0.25) is 0 Å². The lowest BCUT2D eigenvalue weighted by atomic mass is 10.1. The first kappa shape index (κ1) is 14.3. The summed E-state index contributed by atoms with van der Waals surface area (Å²) in [4.78, 5) is 4.12. The quantitative estimate of drug-likeness (QED) is 0.947. The summed E-state index contributed by atoms with van der Waals surface area (Å²) in [5.74, 6) is 1.55. The second-order valence-corrected chi connectivity index (χ2v) is 8.00. The standard InChI is InChI=1S/C15H18N2O3S/c1-15(2,3)21(18)17-7-10-4-5-11-13(6-10)19-8-12-14(11)20-9-16-12/h4-6,9,17H,7-8H2,1-3H3. The molecule has 21 heavy (non-hydrogen) atoms. The van der Waals surface area contributed by atoms with Crippen LogP contribution in [0.1, 0.15) is 32.0 Å². The fraction of sp³-hybridized carbons (Fsp3) is 0.400. The molecule has 0 spiro atoms. The van der Waals surface area contributed by atoms with Crippen LogP contribution >= 0.6 is 0 Å². The molecule has 3 rings (SSSR count). The van der Waals surface area contributed by atoms with E-state index < -0.39 is 11.0 Å². The number of nitrogens with zero attached hydrogens (tertiary/aromatic N) is 1. The van der Waals surface area contributed by atoms with Gasteiger partial charge in [0.15, 0.2) is 12.2 Å². The van der Waals surface area contributed by atoms with Gasteiger partial charge >= 0.3 is 0 Å². The van der Waals surface area contributed by atoms with Gasteiger partial charge in [-0.3, -0.25) is 0 Å². The number of nitrogens with one attached hydrogen (secondary N) is 1. The summed E-state index contributed by atoms with van der Waals surface area (Å²) in [6.07, 6.45) is 1.44. The Bertz CT molecular complexity index is 688. The molecule has 112 valence electrons. The van der Waals surface area contributed by atoms with E-state index in [-0.39, 0.29) is 4.75 Å². The third-order valence-electron chi connectivity index (χ3n) is 3.26. The summed E-state index contributed by atoms with van der Waals surface area (Å²) >= 11 is 0. The van der Waals surface area contributed by atoms with Crippen LogP contribution in [0.5, 0.6) is 5.75 Å². The Balaban J connectivity index is 1.78. The molecular weight excluding hydrogens is 288 g/mol. The molecule has 0 aliphatic carbocycles. The van der Waals surface area contributed by atoms with Crippen LogP contribution in [0, 0.1) is 0 Å². The van der Waals surface area contributed by atoms with Crippen LogP contribution in [0.3, 0.4) is 0 Å². The Morgan fingerprint density at radius 2 is 2.19 bits per heavy atom. The molecule has 6 heteroatoms. The molecule has 1 aromatic carbocycles. The highest BCUT2D eigenvalue weighted by molar-refractivity contribution is 7.84. The predicted molar refractivity (Wildman–Crippen MR) is 81.0 cm³/mol. The Morgan fingerprint density at radius 1 is 1.38 bits per heavy atom. The van der Waals surface area contributed by atoms with Crippen molar-refractivity contribution in [3.63, 3.8) is 0 Å². The largest absolute Gasteiger partial charge is 0.486 e. The number of fused-ring (bicyclic) bond motifs is 3. The van der Waals surface area contributed by atoms with Gasteiger partial charge in [-0.2, -0.15) is 0 Å². The van der Waals surface area contributed by atoms with Gasteiger partial charge in [0.1, 0.15) is 18.1 Å². The number of hydrogen-bond donors (Lipinski definition) is 1. The van der Waals surface area contributed by atoms with E-state index in [1.54, 1.807) is 0 Å². The van der Waals surface area contributed by atoms with Gasteiger partial charge < -0.3 is 9.15 Å². The number of aromatic nitrogens is 1. The topological polar surface area (TPSA) is 64.4 Å². The Morgan fingerprint density at radius 3 is 2.95 bits per heavy atom. The Labute approximate surface area is 126 Å². The third-order valence-corrected chi connectivity index (χ3v) is 4.78. The highest BCUT2D eigenvalue weighted by Crippen LogP contribution is 2.37. The third kappa shape index (κ3) is 2.87. The minimum absolute atomic E-state index is 0.278. The van der Waals surface area contributed by atoms with Crippen molar-refractivity contribution in [2.45, 2.75) is 38.7 Å². The Hall–Kier alpha value is -1.66. The maximum absolute atomic E-state index is 12.0. The van der Waals surface area contributed by atoms with Crippen LogP contribution in [-0.4, -0.2) is 13.9 Å². The number of ether oxygens (including phenoxy) is 1. The molecule has 1 aromatic heterocycles. The fourth-order valence-corrected chi connectivity index (χ4v) is 2.82. The number of oxazole rings is 1. The summed E-state index contributed by atoms with van der Waals surface area (Å²) < 4.78 is 25.9. The number of benzene rings is 1. The molecule has 2 heterocycles. The molecule has 1 unspecified atom stereocenters. The summed E-state index contributed by atoms with van der Waals surface area (Å²) in [7, 11) is -1.09. The van der Waals surface area contributed by atoms with E-state index in [2.05, 4.69) is 9.71 Å². The first-order valence-electron chi connectivity index (χ1n) is 6.79. The van der Waals surface area contributed by atoms with Crippen molar-refractivity contribution in [2.75, 3.05) is 0 Å². The minimum atomic E-state index is -1.09. The molecule has 1 N–H and O–H groups in total. The average molecular weight is 306 g/mol. The number of rotatable bonds is 3. The van der Waals surface area contributed by atoms with Crippen molar-refractivity contribution in [3.8, 4) is 17.1 Å². The van der Waals surface area contributed by atoms with Crippen molar-refractivity contribution in [1.29, 1.82) is 0 Å². The van der Waals surface area contributed by atoms with Gasteiger partial charge in [0.05, 0.1) is 21.3 Å². The maximum atomic E-state index is 12.0. The average Bonchev–Trinajstić information content (AvgIpc) is 2.92. The minimum Gasteiger partial charge on any atom is -0.486 e. The van der Waals surface area contributed by atoms with Gasteiger partial charge in [-0.1, -0.05) is 6.07 Å². The highest BCUT2D eigenvalue weighted by atomic mass is 32.2. The monoisotopic (exact) mass is 306 g/mol. The molecule has 2 aromatic rings. The smallest absolute Gasteiger partial charge is 0.181 e. The molecule has 1 aliphatic heterocycles. The van der Waals surface area contributed by atoms with Crippen molar-refractivity contribution < 1.29 is 13.4 Å². The van der Waals surface area contributed by atoms with Gasteiger partial charge in [0.25, 0.3) is 0 Å². The van der Waals surface area contributed by atoms with Crippen LogP contribution in [0.25, 0.3) is 11.3 Å². The van der Waals surface area contributed by atoms with Crippen molar-refractivity contribution in [2.24, 2.45) is 0 Å². The molecular formula is C15H18N2O3S. The molecule has 0 fully saturated rings. The van der Waals surface area contributed by atoms with Gasteiger partial charge in [0.2, 0.25) is 0 Å². The lowest BCUT2D eigenvalue weighted by Crippen LogP contribution is -2.32. The zero-order valence-electron chi connectivity index (χ0n) is 12.3. The number of hydrogen-bond acceptors (Lipinski definition) is 4. The van der Waals surface area contributed by atoms with Crippen molar-refractivity contribution in [3.05, 3.63) is 35.9 Å². The van der Waals surface area contributed by atoms with Crippen LogP contribution < -0.4 is 9.46 Å². The summed E-state index contributed by atoms with van der Waals surface area (Å²) in [5, 5.41) is 0. The molecule has 5 nitrogen and oxygen atoms in total. The maximum Gasteiger partial charge on any atom is 0.181 e. The van der Waals surface area contributed by atoms with Gasteiger partial charge in [-0.15, -0.1) is 0 Å². The SMILES string of the molecule is CC(C)(C)S(=O)NCc1ccc2c(c1)OCc1ncoc1-2. The van der Waals surface area contributed by atoms with E-state index in [4.69, 9.17) is 9.15 Å². The Kier molecular flexibility index (Phi) is 3.59. The van der Waals surface area contributed by atoms with E-state index in [0.717, 1.165) is 28.3 Å². The molecule has 0 amide bonds. The van der Waals surface area contributed by atoms with E-state index in [1.165, 1.54) is 6.39 Å². The summed E-state index contributed by atoms with van der Waals surface area (Å²) in [6, 6.07) is 5.88. The van der Waals surface area contributed by atoms with E-state index >= 15 is 0 Å². The lowest BCUT2D eigenvalue weighted by Gasteiger charge is -2.19. The molecule has 1 atom stereocenters. The summed E-state index contributed by atoms with van der Waals surface area (Å²) in [5.41, 5.74) is 2.76. The van der Waals surface area contributed by atoms with E-state index in [1.807, 2.05) is 39.0 Å². The zero-order chi connectivity index (χ0) is 15.0. The predicted octanol–water partition coefficient (Wildman–Crippen LogP) is 2.79. The van der Waals surface area contributed by atoms with Crippen molar-refractivity contribution >= 4 is 11.0 Å². The highest BCUT2D eigenvalue weighted by Gasteiger charge is 2.22. The fourth-order valence-electron chi connectivity index (χ4n) is 2.09. The molecule has 1 aliphatic rings. The lowest BCUT2D eigenvalue weighted by molar-refractivity contribution is 0.295. The second-order valence-electron chi connectivity index (χ2n) is 5.95. The van der Waals surface area contributed by atoms with Crippen LogP contribution in [-0.2, 0) is 24.1 Å². The van der Waals surface area contributed by atoms with E-state index in [0.29, 0.717) is 13.2 Å². The zero-order valence-corrected chi connectivity index (χ0v) is 13.1. The normalized spacial score (nSPS) is 15.0. The molecule has 0 saturated carbocycles. The van der Waals surface area contributed by atoms with E-state index in [9.17, 15) is 4.21 Å². The van der Waals surface area contributed by atoms with Crippen LogP contribution in [0.4, 0.5) is 0 Å². The van der Waals surface area contributed by atoms with Gasteiger partial charge in [0, 0.05) is 6.54 Å². The van der Waals surface area contributed by atoms with Crippen molar-refractivity contribution in [1.82, 2.24) is 9.71 Å². The first-order chi connectivity index (χ1) is 9.95. The molecule has 0 radical (unpaired) electrons. The first-order valence-corrected chi connectivity index (χ1v) is 7.94. The summed E-state index contributed by atoms with van der Waals surface area (Å²) in [6.45, 7) is 6.78. The van der Waals surface area contributed by atoms with Gasteiger partial charge in [-0.25, -0.2) is 13.9 Å². The molecule has 0 bridgehead atoms. The molecule has 0 saturated heterocycles.